The van der Waals surface area contributed by atoms with Crippen molar-refractivity contribution in [2.45, 2.75) is 26.5 Å². The highest BCUT2D eigenvalue weighted by Crippen LogP contribution is 2.12. The molecular formula is C14H16N2O2S. The van der Waals surface area contributed by atoms with E-state index in [-0.39, 0.29) is 6.04 Å². The van der Waals surface area contributed by atoms with E-state index < -0.39 is 5.97 Å². The minimum absolute atomic E-state index is 0.268. The number of hydrogen-bond acceptors (Lipinski definition) is 5. The van der Waals surface area contributed by atoms with Gasteiger partial charge in [0.2, 0.25) is 0 Å². The van der Waals surface area contributed by atoms with E-state index in [4.69, 9.17) is 4.74 Å². The Balaban J connectivity index is 1.98. The van der Waals surface area contributed by atoms with Crippen molar-refractivity contribution in [3.05, 3.63) is 46.3 Å². The summed E-state index contributed by atoms with van der Waals surface area (Å²) < 4.78 is 5.21. The van der Waals surface area contributed by atoms with Crippen LogP contribution in [0.3, 0.4) is 0 Å². The Kier molecular flexibility index (Phi) is 4.52. The first-order valence-corrected chi connectivity index (χ1v) is 6.96. The van der Waals surface area contributed by atoms with Gasteiger partial charge in [-0.3, -0.25) is 0 Å². The minimum Gasteiger partial charge on any atom is -0.455 e. The maximum Gasteiger partial charge on any atom is 0.357 e. The van der Waals surface area contributed by atoms with Crippen LogP contribution in [0.1, 0.15) is 29.2 Å². The van der Waals surface area contributed by atoms with Gasteiger partial charge in [0.1, 0.15) is 12.4 Å². The smallest absolute Gasteiger partial charge is 0.357 e. The number of thiophene rings is 1. The first-order valence-electron chi connectivity index (χ1n) is 6.08. The number of pyridine rings is 1. The van der Waals surface area contributed by atoms with E-state index in [0.717, 1.165) is 4.88 Å². The van der Waals surface area contributed by atoms with Crippen LogP contribution >= 0.6 is 11.3 Å². The van der Waals surface area contributed by atoms with Gasteiger partial charge in [0.05, 0.1) is 0 Å². The zero-order chi connectivity index (χ0) is 13.7. The molecule has 0 fully saturated rings. The van der Waals surface area contributed by atoms with Crippen LogP contribution in [0.15, 0.2) is 35.7 Å². The molecule has 0 spiro atoms. The quantitative estimate of drug-likeness (QED) is 0.851. The molecule has 2 rings (SSSR count). The second-order valence-corrected chi connectivity index (χ2v) is 5.39. The van der Waals surface area contributed by atoms with E-state index in [2.05, 4.69) is 10.3 Å². The van der Waals surface area contributed by atoms with Gasteiger partial charge in [-0.2, -0.15) is 0 Å². The lowest BCUT2D eigenvalue weighted by molar-refractivity contribution is 0.0470. The van der Waals surface area contributed by atoms with Crippen LogP contribution in [0.5, 0.6) is 0 Å². The largest absolute Gasteiger partial charge is 0.455 e. The number of carbonyl (C=O) groups is 1. The highest BCUT2D eigenvalue weighted by atomic mass is 32.1. The Labute approximate surface area is 116 Å². The molecule has 0 saturated carbocycles. The Bertz CT molecular complexity index is 538. The lowest BCUT2D eigenvalue weighted by Gasteiger charge is -2.09. The topological polar surface area (TPSA) is 51.2 Å². The van der Waals surface area contributed by atoms with Crippen molar-refractivity contribution in [1.82, 2.24) is 4.98 Å². The monoisotopic (exact) mass is 276 g/mol. The van der Waals surface area contributed by atoms with Crippen LogP contribution < -0.4 is 5.32 Å². The van der Waals surface area contributed by atoms with E-state index >= 15 is 0 Å². The summed E-state index contributed by atoms with van der Waals surface area (Å²) in [5.74, 6) is 0.279. The van der Waals surface area contributed by atoms with Crippen molar-refractivity contribution in [2.75, 3.05) is 5.32 Å². The van der Waals surface area contributed by atoms with Crippen molar-refractivity contribution in [3.63, 3.8) is 0 Å². The zero-order valence-corrected chi connectivity index (χ0v) is 11.7. The van der Waals surface area contributed by atoms with Crippen LogP contribution in [-0.2, 0) is 11.3 Å². The standard InChI is InChI=1S/C14H16N2O2S/c1-10(2)15-13-7-3-6-12(16-13)14(17)18-9-11-5-4-8-19-11/h3-8,10H,9H2,1-2H3,(H,15,16). The number of ether oxygens (including phenoxy) is 1. The molecule has 5 heteroatoms. The predicted molar refractivity (Wildman–Crippen MR) is 76.4 cm³/mol. The van der Waals surface area contributed by atoms with Crippen molar-refractivity contribution >= 4 is 23.1 Å². The highest BCUT2D eigenvalue weighted by molar-refractivity contribution is 7.09. The lowest BCUT2D eigenvalue weighted by atomic mass is 10.3. The number of aromatic nitrogens is 1. The molecule has 0 atom stereocenters. The van der Waals surface area contributed by atoms with Crippen molar-refractivity contribution in [2.24, 2.45) is 0 Å². The molecule has 0 bridgehead atoms. The molecule has 2 aromatic heterocycles. The molecule has 19 heavy (non-hydrogen) atoms. The third-order valence-corrected chi connectivity index (χ3v) is 3.17. The minimum atomic E-state index is -0.402. The summed E-state index contributed by atoms with van der Waals surface area (Å²) >= 11 is 1.56. The van der Waals surface area contributed by atoms with Gasteiger partial charge in [0.25, 0.3) is 0 Å². The summed E-state index contributed by atoms with van der Waals surface area (Å²) in [6.07, 6.45) is 0. The van der Waals surface area contributed by atoms with Gasteiger partial charge in [0.15, 0.2) is 5.69 Å². The molecule has 2 aromatic rings. The fraction of sp³-hybridized carbons (Fsp3) is 0.286. The molecule has 4 nitrogen and oxygen atoms in total. The average Bonchev–Trinajstić information content (AvgIpc) is 2.88. The third-order valence-electron chi connectivity index (χ3n) is 2.32. The number of carbonyl (C=O) groups excluding carboxylic acids is 1. The number of hydrogen-bond donors (Lipinski definition) is 1. The van der Waals surface area contributed by atoms with Crippen molar-refractivity contribution in [3.8, 4) is 0 Å². The summed E-state index contributed by atoms with van der Waals surface area (Å²) in [5, 5.41) is 5.11. The van der Waals surface area contributed by atoms with Crippen molar-refractivity contribution in [1.29, 1.82) is 0 Å². The normalized spacial score (nSPS) is 10.5. The summed E-state index contributed by atoms with van der Waals surface area (Å²) in [4.78, 5) is 17.1. The third kappa shape index (κ3) is 4.06. The van der Waals surface area contributed by atoms with Crippen LogP contribution in [-0.4, -0.2) is 17.0 Å². The number of nitrogens with one attached hydrogen (secondary N) is 1. The molecule has 1 N–H and O–H groups in total. The number of anilines is 1. The number of rotatable bonds is 5. The van der Waals surface area contributed by atoms with E-state index in [9.17, 15) is 4.79 Å². The van der Waals surface area contributed by atoms with E-state index in [0.29, 0.717) is 18.1 Å². The fourth-order valence-corrected chi connectivity index (χ4v) is 2.15. The molecule has 100 valence electrons. The predicted octanol–water partition coefficient (Wildman–Crippen LogP) is 3.32. The van der Waals surface area contributed by atoms with Gasteiger partial charge in [-0.25, -0.2) is 9.78 Å². The highest BCUT2D eigenvalue weighted by Gasteiger charge is 2.10. The summed E-state index contributed by atoms with van der Waals surface area (Å²) in [7, 11) is 0. The van der Waals surface area contributed by atoms with Crippen LogP contribution in [0.25, 0.3) is 0 Å². The summed E-state index contributed by atoms with van der Waals surface area (Å²) in [5.41, 5.74) is 0.321. The first kappa shape index (κ1) is 13.5. The van der Waals surface area contributed by atoms with Crippen molar-refractivity contribution < 1.29 is 9.53 Å². The van der Waals surface area contributed by atoms with Crippen LogP contribution in [0, 0.1) is 0 Å². The number of nitrogens with zero attached hydrogens (tertiary/aromatic N) is 1. The maximum atomic E-state index is 11.9. The molecule has 0 saturated heterocycles. The molecule has 0 aliphatic heterocycles. The van der Waals surface area contributed by atoms with Gasteiger partial charge in [-0.05, 0) is 37.4 Å². The SMILES string of the molecule is CC(C)Nc1cccc(C(=O)OCc2cccs2)n1. The summed E-state index contributed by atoms with van der Waals surface area (Å²) in [6, 6.07) is 9.41. The Hall–Kier alpha value is -1.88. The molecule has 0 amide bonds. The van der Waals surface area contributed by atoms with E-state index in [1.54, 1.807) is 23.5 Å². The maximum absolute atomic E-state index is 11.9. The molecular weight excluding hydrogens is 260 g/mol. The van der Waals surface area contributed by atoms with Gasteiger partial charge in [0, 0.05) is 10.9 Å². The van der Waals surface area contributed by atoms with Crippen LogP contribution in [0.4, 0.5) is 5.82 Å². The molecule has 0 unspecified atom stereocenters. The molecule has 2 heterocycles. The van der Waals surface area contributed by atoms with Crippen LogP contribution in [0.2, 0.25) is 0 Å². The zero-order valence-electron chi connectivity index (χ0n) is 10.9. The molecule has 0 aromatic carbocycles. The average molecular weight is 276 g/mol. The Morgan fingerprint density at radius 2 is 2.21 bits per heavy atom. The van der Waals surface area contributed by atoms with Gasteiger partial charge >= 0.3 is 5.97 Å². The second-order valence-electron chi connectivity index (χ2n) is 4.36. The Morgan fingerprint density at radius 3 is 2.89 bits per heavy atom. The van der Waals surface area contributed by atoms with Gasteiger partial charge in [-0.15, -0.1) is 11.3 Å². The second kappa shape index (κ2) is 6.33. The lowest BCUT2D eigenvalue weighted by Crippen LogP contribution is -2.13. The molecule has 0 radical (unpaired) electrons. The number of esters is 1. The fourth-order valence-electron chi connectivity index (χ4n) is 1.53. The summed E-state index contributed by atoms with van der Waals surface area (Å²) in [6.45, 7) is 4.33. The van der Waals surface area contributed by atoms with Gasteiger partial charge in [-0.1, -0.05) is 12.1 Å². The first-order chi connectivity index (χ1) is 9.15. The Morgan fingerprint density at radius 1 is 1.37 bits per heavy atom. The molecule has 0 aliphatic carbocycles. The molecule has 0 aliphatic rings. The van der Waals surface area contributed by atoms with E-state index in [1.165, 1.54) is 0 Å². The van der Waals surface area contributed by atoms with E-state index in [1.807, 2.05) is 37.4 Å². The van der Waals surface area contributed by atoms with Gasteiger partial charge < -0.3 is 10.1 Å².